The SMILES string of the molecule is Cc1cc(C)c(C(=O)c2csc(CCN)n2)c(F)c1. The van der Waals surface area contributed by atoms with Crippen LogP contribution in [0.25, 0.3) is 0 Å². The fraction of sp³-hybridized carbons (Fsp3) is 0.286. The molecule has 2 N–H and O–H groups in total. The Morgan fingerprint density at radius 1 is 1.42 bits per heavy atom. The van der Waals surface area contributed by atoms with Crippen molar-refractivity contribution in [2.24, 2.45) is 5.73 Å². The Morgan fingerprint density at radius 3 is 2.79 bits per heavy atom. The molecule has 1 heterocycles. The third kappa shape index (κ3) is 2.88. The van der Waals surface area contributed by atoms with Crippen LogP contribution in [0.3, 0.4) is 0 Å². The molecule has 2 aromatic rings. The zero-order chi connectivity index (χ0) is 14.0. The molecular weight excluding hydrogens is 263 g/mol. The number of carbonyl (C=O) groups excluding carboxylic acids is 1. The average molecular weight is 278 g/mol. The van der Waals surface area contributed by atoms with Gasteiger partial charge in [-0.2, -0.15) is 0 Å². The third-order valence-corrected chi connectivity index (χ3v) is 3.71. The number of benzene rings is 1. The number of thiazole rings is 1. The number of halogens is 1. The van der Waals surface area contributed by atoms with E-state index in [9.17, 15) is 9.18 Å². The molecule has 0 unspecified atom stereocenters. The molecule has 5 heteroatoms. The zero-order valence-electron chi connectivity index (χ0n) is 10.9. The van der Waals surface area contributed by atoms with Gasteiger partial charge in [-0.25, -0.2) is 9.37 Å². The number of carbonyl (C=O) groups is 1. The normalized spacial score (nSPS) is 10.7. The molecule has 0 radical (unpaired) electrons. The summed E-state index contributed by atoms with van der Waals surface area (Å²) in [6.45, 7) is 4.02. The van der Waals surface area contributed by atoms with Crippen LogP contribution in [0, 0.1) is 19.7 Å². The molecule has 0 saturated heterocycles. The maximum atomic E-state index is 13.9. The fourth-order valence-corrected chi connectivity index (χ4v) is 2.78. The van der Waals surface area contributed by atoms with Gasteiger partial charge < -0.3 is 5.73 Å². The molecular formula is C14H15FN2OS. The van der Waals surface area contributed by atoms with Crippen molar-refractivity contribution in [3.8, 4) is 0 Å². The van der Waals surface area contributed by atoms with E-state index >= 15 is 0 Å². The van der Waals surface area contributed by atoms with Crippen LogP contribution in [0.2, 0.25) is 0 Å². The second-order valence-corrected chi connectivity index (χ2v) is 5.38. The van der Waals surface area contributed by atoms with Crippen LogP contribution < -0.4 is 5.73 Å². The Kier molecular flexibility index (Phi) is 4.07. The minimum absolute atomic E-state index is 0.107. The van der Waals surface area contributed by atoms with Gasteiger partial charge >= 0.3 is 0 Å². The Balaban J connectivity index is 2.38. The number of rotatable bonds is 4. The number of aromatic nitrogens is 1. The van der Waals surface area contributed by atoms with Gasteiger partial charge in [0, 0.05) is 11.8 Å². The van der Waals surface area contributed by atoms with Gasteiger partial charge in [-0.15, -0.1) is 11.3 Å². The lowest BCUT2D eigenvalue weighted by atomic mass is 10.00. The molecule has 0 bridgehead atoms. The van der Waals surface area contributed by atoms with Crippen molar-refractivity contribution in [3.63, 3.8) is 0 Å². The predicted octanol–water partition coefficient (Wildman–Crippen LogP) is 2.63. The van der Waals surface area contributed by atoms with E-state index in [-0.39, 0.29) is 11.3 Å². The largest absolute Gasteiger partial charge is 0.330 e. The van der Waals surface area contributed by atoms with Gasteiger partial charge in [-0.3, -0.25) is 4.79 Å². The molecule has 0 amide bonds. The lowest BCUT2D eigenvalue weighted by molar-refractivity contribution is 0.103. The van der Waals surface area contributed by atoms with Crippen LogP contribution in [0.1, 0.15) is 32.2 Å². The van der Waals surface area contributed by atoms with Gasteiger partial charge in [0.05, 0.1) is 10.6 Å². The van der Waals surface area contributed by atoms with Crippen molar-refractivity contribution in [2.45, 2.75) is 20.3 Å². The Morgan fingerprint density at radius 2 is 2.16 bits per heavy atom. The van der Waals surface area contributed by atoms with Gasteiger partial charge in [0.2, 0.25) is 5.78 Å². The van der Waals surface area contributed by atoms with Crippen molar-refractivity contribution < 1.29 is 9.18 Å². The van der Waals surface area contributed by atoms with E-state index in [0.29, 0.717) is 24.2 Å². The Bertz CT molecular complexity index is 599. The van der Waals surface area contributed by atoms with E-state index in [1.54, 1.807) is 25.3 Å². The van der Waals surface area contributed by atoms with Crippen LogP contribution >= 0.6 is 11.3 Å². The summed E-state index contributed by atoms with van der Waals surface area (Å²) >= 11 is 1.38. The Labute approximate surface area is 115 Å². The number of nitrogens with two attached hydrogens (primary N) is 1. The molecule has 0 spiro atoms. The summed E-state index contributed by atoms with van der Waals surface area (Å²) in [5, 5.41) is 2.46. The van der Waals surface area contributed by atoms with Crippen molar-refractivity contribution in [1.82, 2.24) is 4.98 Å². The highest BCUT2D eigenvalue weighted by molar-refractivity contribution is 7.09. The molecule has 1 aromatic heterocycles. The summed E-state index contributed by atoms with van der Waals surface area (Å²) in [7, 11) is 0. The summed E-state index contributed by atoms with van der Waals surface area (Å²) in [6.07, 6.45) is 0.632. The monoisotopic (exact) mass is 278 g/mol. The maximum Gasteiger partial charge on any atom is 0.215 e. The van der Waals surface area contributed by atoms with Crippen molar-refractivity contribution in [2.75, 3.05) is 6.54 Å². The predicted molar refractivity (Wildman–Crippen MR) is 74.2 cm³/mol. The van der Waals surface area contributed by atoms with E-state index in [4.69, 9.17) is 5.73 Å². The maximum absolute atomic E-state index is 13.9. The fourth-order valence-electron chi connectivity index (χ4n) is 1.98. The molecule has 0 saturated carbocycles. The second kappa shape index (κ2) is 5.59. The number of hydrogen-bond donors (Lipinski definition) is 1. The van der Waals surface area contributed by atoms with Gasteiger partial charge in [0.1, 0.15) is 11.5 Å². The second-order valence-electron chi connectivity index (χ2n) is 4.43. The van der Waals surface area contributed by atoms with E-state index in [1.807, 2.05) is 0 Å². The van der Waals surface area contributed by atoms with Crippen LogP contribution in [0.4, 0.5) is 4.39 Å². The summed E-state index contributed by atoms with van der Waals surface area (Å²) in [6, 6.07) is 3.16. The molecule has 0 atom stereocenters. The molecule has 1 aromatic carbocycles. The summed E-state index contributed by atoms with van der Waals surface area (Å²) < 4.78 is 13.9. The smallest absolute Gasteiger partial charge is 0.215 e. The summed E-state index contributed by atoms with van der Waals surface area (Å²) in [5.74, 6) is -0.856. The third-order valence-electron chi connectivity index (χ3n) is 2.80. The van der Waals surface area contributed by atoms with Gasteiger partial charge in [-0.05, 0) is 37.6 Å². The summed E-state index contributed by atoms with van der Waals surface area (Å²) in [4.78, 5) is 16.5. The number of nitrogens with zero attached hydrogens (tertiary/aromatic N) is 1. The van der Waals surface area contributed by atoms with E-state index in [0.717, 1.165) is 10.6 Å². The molecule has 100 valence electrons. The highest BCUT2D eigenvalue weighted by atomic mass is 32.1. The highest BCUT2D eigenvalue weighted by Gasteiger charge is 2.19. The van der Waals surface area contributed by atoms with Gasteiger partial charge in [0.15, 0.2) is 0 Å². The van der Waals surface area contributed by atoms with Crippen LogP contribution in [-0.2, 0) is 6.42 Å². The Hall–Kier alpha value is -1.59. The topological polar surface area (TPSA) is 56.0 Å². The first-order valence-corrected chi connectivity index (χ1v) is 6.86. The standard InChI is InChI=1S/C14H15FN2OS/c1-8-5-9(2)13(10(15)6-8)14(18)11-7-19-12(17-11)3-4-16/h5-7H,3-4,16H2,1-2H3. The molecule has 0 fully saturated rings. The first-order chi connectivity index (χ1) is 9.02. The number of hydrogen-bond acceptors (Lipinski definition) is 4. The van der Waals surface area contributed by atoms with Gasteiger partial charge in [-0.1, -0.05) is 6.07 Å². The van der Waals surface area contributed by atoms with E-state index in [2.05, 4.69) is 4.98 Å². The molecule has 19 heavy (non-hydrogen) atoms. The van der Waals surface area contributed by atoms with Gasteiger partial charge in [0.25, 0.3) is 0 Å². The number of ketones is 1. The minimum Gasteiger partial charge on any atom is -0.330 e. The molecule has 0 aliphatic rings. The first kappa shape index (κ1) is 13.8. The van der Waals surface area contributed by atoms with E-state index in [1.165, 1.54) is 17.4 Å². The van der Waals surface area contributed by atoms with Crippen LogP contribution in [-0.4, -0.2) is 17.3 Å². The summed E-state index contributed by atoms with van der Waals surface area (Å²) in [5.41, 5.74) is 7.28. The van der Waals surface area contributed by atoms with Crippen LogP contribution in [0.5, 0.6) is 0 Å². The quantitative estimate of drug-likeness (QED) is 0.875. The minimum atomic E-state index is -0.490. The van der Waals surface area contributed by atoms with Crippen molar-refractivity contribution in [3.05, 3.63) is 50.7 Å². The molecule has 0 aliphatic heterocycles. The lowest BCUT2D eigenvalue weighted by Gasteiger charge is -2.06. The lowest BCUT2D eigenvalue weighted by Crippen LogP contribution is -2.08. The first-order valence-electron chi connectivity index (χ1n) is 5.99. The highest BCUT2D eigenvalue weighted by Crippen LogP contribution is 2.21. The molecule has 0 aliphatic carbocycles. The van der Waals surface area contributed by atoms with Crippen molar-refractivity contribution >= 4 is 17.1 Å². The zero-order valence-corrected chi connectivity index (χ0v) is 11.7. The molecule has 2 rings (SSSR count). The van der Waals surface area contributed by atoms with Crippen LogP contribution in [0.15, 0.2) is 17.5 Å². The number of aryl methyl sites for hydroxylation is 2. The average Bonchev–Trinajstić information content (AvgIpc) is 2.76. The van der Waals surface area contributed by atoms with Crippen molar-refractivity contribution in [1.29, 1.82) is 0 Å². The molecule has 3 nitrogen and oxygen atoms in total. The van der Waals surface area contributed by atoms with E-state index < -0.39 is 5.82 Å².